The highest BCUT2D eigenvalue weighted by Gasteiger charge is 2.27. The number of aryl methyl sites for hydroxylation is 1. The lowest BCUT2D eigenvalue weighted by molar-refractivity contribution is 0.0949. The Morgan fingerprint density at radius 3 is 2.97 bits per heavy atom. The van der Waals surface area contributed by atoms with Crippen molar-refractivity contribution in [3.05, 3.63) is 62.0 Å². The van der Waals surface area contributed by atoms with Crippen molar-refractivity contribution in [2.45, 2.75) is 19.4 Å². The lowest BCUT2D eigenvalue weighted by Crippen LogP contribution is -2.31. The molecule has 5 rings (SSSR count). The van der Waals surface area contributed by atoms with E-state index in [1.807, 2.05) is 24.3 Å². The Kier molecular flexibility index (Phi) is 5.88. The number of carbonyl (C=O) groups is 1. The highest BCUT2D eigenvalue weighted by atomic mass is 79.9. The Labute approximate surface area is 200 Å². The van der Waals surface area contributed by atoms with E-state index in [2.05, 4.69) is 64.1 Å². The van der Waals surface area contributed by atoms with Gasteiger partial charge in [0.2, 0.25) is 11.6 Å². The molecule has 13 heteroatoms. The molecule has 1 aliphatic heterocycles. The van der Waals surface area contributed by atoms with Crippen LogP contribution >= 0.6 is 27.3 Å². The summed E-state index contributed by atoms with van der Waals surface area (Å²) in [5, 5.41) is 19.7. The van der Waals surface area contributed by atoms with E-state index in [-0.39, 0.29) is 17.3 Å². The Bertz CT molecular complexity index is 1330. The monoisotopic (exact) mass is 527 g/mol. The molecule has 1 aromatic carbocycles. The van der Waals surface area contributed by atoms with Gasteiger partial charge < -0.3 is 10.6 Å². The summed E-state index contributed by atoms with van der Waals surface area (Å²) < 4.78 is 7.09. The number of nitrogens with one attached hydrogen (secondary N) is 1. The first kappa shape index (κ1) is 21.3. The minimum atomic E-state index is -0.497. The van der Waals surface area contributed by atoms with Crippen molar-refractivity contribution >= 4 is 50.9 Å². The Morgan fingerprint density at radius 1 is 1.30 bits per heavy atom. The summed E-state index contributed by atoms with van der Waals surface area (Å²) in [6.07, 6.45) is 3.57. The number of amides is 1. The van der Waals surface area contributed by atoms with Crippen LogP contribution in [0.4, 0.5) is 11.5 Å². The third-order valence-corrected chi connectivity index (χ3v) is 6.73. The van der Waals surface area contributed by atoms with Gasteiger partial charge in [0.25, 0.3) is 5.91 Å². The standard InChI is InChI=1S/C20H18BrN9O2S/c21-16-8-7-13(33-16)10-23-25-20(31)17-15(30(28-24-17)19-18(22)26-32-27-19)11-29-9-3-5-12-4-1-2-6-14(12)29/h1-2,4,6-8,10H,3,5,9,11H2,(H2,22,26)(H,25,31). The molecule has 0 radical (unpaired) electrons. The van der Waals surface area contributed by atoms with Crippen LogP contribution in [0.25, 0.3) is 5.82 Å². The molecule has 0 saturated carbocycles. The average molecular weight is 528 g/mol. The number of thiophene rings is 1. The Hall–Kier alpha value is -3.58. The maximum atomic E-state index is 13.0. The zero-order valence-electron chi connectivity index (χ0n) is 17.2. The van der Waals surface area contributed by atoms with E-state index < -0.39 is 5.91 Å². The second-order valence-corrected chi connectivity index (χ2v) is 9.76. The van der Waals surface area contributed by atoms with Crippen LogP contribution in [0.1, 0.15) is 33.0 Å². The second kappa shape index (κ2) is 9.11. The minimum absolute atomic E-state index is 0.0495. The van der Waals surface area contributed by atoms with Gasteiger partial charge in [0.1, 0.15) is 0 Å². The molecular weight excluding hydrogens is 510 g/mol. The van der Waals surface area contributed by atoms with E-state index in [0.29, 0.717) is 12.2 Å². The van der Waals surface area contributed by atoms with Crippen LogP contribution in [-0.2, 0) is 13.0 Å². The molecular formula is C20H18BrN9O2S. The number of hydrogen-bond donors (Lipinski definition) is 2. The molecule has 1 aliphatic rings. The average Bonchev–Trinajstić information content (AvgIpc) is 3.54. The van der Waals surface area contributed by atoms with Crippen LogP contribution in [0.15, 0.2) is 49.9 Å². The van der Waals surface area contributed by atoms with E-state index in [1.54, 1.807) is 6.21 Å². The number of anilines is 2. The van der Waals surface area contributed by atoms with E-state index in [0.717, 1.165) is 33.7 Å². The van der Waals surface area contributed by atoms with Crippen molar-refractivity contribution in [2.75, 3.05) is 17.2 Å². The number of hydrazone groups is 1. The van der Waals surface area contributed by atoms with Gasteiger partial charge in [0, 0.05) is 17.1 Å². The number of hydrogen-bond acceptors (Lipinski definition) is 10. The van der Waals surface area contributed by atoms with Crippen molar-refractivity contribution in [1.82, 2.24) is 30.7 Å². The predicted molar refractivity (Wildman–Crippen MR) is 127 cm³/mol. The van der Waals surface area contributed by atoms with Gasteiger partial charge in [-0.2, -0.15) is 9.78 Å². The van der Waals surface area contributed by atoms with Gasteiger partial charge in [0.05, 0.1) is 22.2 Å². The number of halogens is 1. The minimum Gasteiger partial charge on any atom is -0.378 e. The fraction of sp³-hybridized carbons (Fsp3) is 0.200. The zero-order chi connectivity index (χ0) is 22.8. The van der Waals surface area contributed by atoms with Crippen LogP contribution in [0, 0.1) is 0 Å². The van der Waals surface area contributed by atoms with Crippen LogP contribution < -0.4 is 16.1 Å². The molecule has 0 spiro atoms. The van der Waals surface area contributed by atoms with Gasteiger partial charge in [-0.1, -0.05) is 23.4 Å². The van der Waals surface area contributed by atoms with Crippen molar-refractivity contribution in [3.63, 3.8) is 0 Å². The summed E-state index contributed by atoms with van der Waals surface area (Å²) in [5.74, 6) is -0.273. The van der Waals surface area contributed by atoms with Crippen molar-refractivity contribution < 1.29 is 9.42 Å². The number of para-hydroxylation sites is 1. The van der Waals surface area contributed by atoms with Crippen molar-refractivity contribution in [3.8, 4) is 5.82 Å². The largest absolute Gasteiger partial charge is 0.378 e. The first-order chi connectivity index (χ1) is 16.1. The molecule has 0 aliphatic carbocycles. The highest BCUT2D eigenvalue weighted by molar-refractivity contribution is 9.11. The molecule has 0 atom stereocenters. The molecule has 0 saturated heterocycles. The van der Waals surface area contributed by atoms with Crippen LogP contribution in [0.3, 0.4) is 0 Å². The van der Waals surface area contributed by atoms with Crippen LogP contribution in [-0.4, -0.2) is 44.0 Å². The zero-order valence-corrected chi connectivity index (χ0v) is 19.6. The summed E-state index contributed by atoms with van der Waals surface area (Å²) in [7, 11) is 0. The molecule has 0 bridgehead atoms. The third kappa shape index (κ3) is 4.36. The van der Waals surface area contributed by atoms with E-state index in [4.69, 9.17) is 10.4 Å². The topological polar surface area (TPSA) is 140 Å². The molecule has 3 N–H and O–H groups in total. The number of rotatable bonds is 6. The SMILES string of the molecule is Nc1nonc1-n1nnc(C(=O)NN=Cc2ccc(Br)s2)c1CN1CCCc2ccccc21. The van der Waals surface area contributed by atoms with Gasteiger partial charge in [0.15, 0.2) is 5.69 Å². The first-order valence-electron chi connectivity index (χ1n) is 10.0. The van der Waals surface area contributed by atoms with Crippen LogP contribution in [0.2, 0.25) is 0 Å². The fourth-order valence-electron chi connectivity index (χ4n) is 3.69. The van der Waals surface area contributed by atoms with E-state index in [9.17, 15) is 4.79 Å². The van der Waals surface area contributed by atoms with Gasteiger partial charge in [-0.3, -0.25) is 4.79 Å². The summed E-state index contributed by atoms with van der Waals surface area (Å²) in [4.78, 5) is 16.0. The summed E-state index contributed by atoms with van der Waals surface area (Å²) in [6.45, 7) is 1.18. The molecule has 33 heavy (non-hydrogen) atoms. The summed E-state index contributed by atoms with van der Waals surface area (Å²) >= 11 is 4.90. The number of nitrogens with zero attached hydrogens (tertiary/aromatic N) is 7. The number of aromatic nitrogens is 5. The molecule has 3 aromatic heterocycles. The lowest BCUT2D eigenvalue weighted by Gasteiger charge is -2.31. The molecule has 0 unspecified atom stereocenters. The second-order valence-electron chi connectivity index (χ2n) is 7.26. The number of benzene rings is 1. The predicted octanol–water partition coefficient (Wildman–Crippen LogP) is 2.77. The Balaban J connectivity index is 1.46. The summed E-state index contributed by atoms with van der Waals surface area (Å²) in [6, 6.07) is 12.0. The maximum Gasteiger partial charge on any atom is 0.293 e. The smallest absolute Gasteiger partial charge is 0.293 e. The number of nitrogen functional groups attached to an aromatic ring is 1. The summed E-state index contributed by atoms with van der Waals surface area (Å²) in [5.41, 5.74) is 11.4. The molecule has 0 fully saturated rings. The normalized spacial score (nSPS) is 13.4. The van der Waals surface area contributed by atoms with Gasteiger partial charge >= 0.3 is 0 Å². The number of nitrogens with two attached hydrogens (primary N) is 1. The van der Waals surface area contributed by atoms with Crippen molar-refractivity contribution in [2.24, 2.45) is 5.10 Å². The fourth-order valence-corrected chi connectivity index (χ4v) is 4.99. The van der Waals surface area contributed by atoms with Crippen LogP contribution in [0.5, 0.6) is 0 Å². The molecule has 4 aromatic rings. The lowest BCUT2D eigenvalue weighted by atomic mass is 10.0. The van der Waals surface area contributed by atoms with E-state index in [1.165, 1.54) is 21.6 Å². The maximum absolute atomic E-state index is 13.0. The molecule has 4 heterocycles. The van der Waals surface area contributed by atoms with Gasteiger partial charge in [-0.15, -0.1) is 16.4 Å². The van der Waals surface area contributed by atoms with Gasteiger partial charge in [-0.25, -0.2) is 10.1 Å². The van der Waals surface area contributed by atoms with Gasteiger partial charge in [-0.05, 0) is 62.8 Å². The van der Waals surface area contributed by atoms with Crippen molar-refractivity contribution in [1.29, 1.82) is 0 Å². The number of carbonyl (C=O) groups excluding carboxylic acids is 1. The highest BCUT2D eigenvalue weighted by Crippen LogP contribution is 2.29. The molecule has 168 valence electrons. The molecule has 11 nitrogen and oxygen atoms in total. The third-order valence-electron chi connectivity index (χ3n) is 5.17. The Morgan fingerprint density at radius 2 is 2.18 bits per heavy atom. The van der Waals surface area contributed by atoms with E-state index >= 15 is 0 Å². The number of fused-ring (bicyclic) bond motifs is 1. The quantitative estimate of drug-likeness (QED) is 0.288. The first-order valence-corrected chi connectivity index (χ1v) is 11.7. The molecule has 1 amide bonds.